The van der Waals surface area contributed by atoms with Crippen LogP contribution in [0.15, 0.2) is 21.8 Å². The van der Waals surface area contributed by atoms with Crippen molar-refractivity contribution in [3.05, 3.63) is 21.8 Å². The molecule has 0 bridgehead atoms. The molecule has 0 amide bonds. The minimum Gasteiger partial charge on any atom is -0.609 e. The van der Waals surface area contributed by atoms with Crippen LogP contribution in [-0.4, -0.2) is 22.9 Å². The summed E-state index contributed by atoms with van der Waals surface area (Å²) in [5.74, 6) is -0.654. The summed E-state index contributed by atoms with van der Waals surface area (Å²) >= 11 is 8.66. The third-order valence-electron chi connectivity index (χ3n) is 1.14. The summed E-state index contributed by atoms with van der Waals surface area (Å²) in [5, 5.41) is -0.873. The van der Waals surface area contributed by atoms with E-state index in [0.29, 0.717) is 0 Å². The highest BCUT2D eigenvalue weighted by Gasteiger charge is 2.12. The lowest BCUT2D eigenvalue weighted by atomic mass is 10.7. The van der Waals surface area contributed by atoms with Gasteiger partial charge in [0.2, 0.25) is 0 Å². The summed E-state index contributed by atoms with van der Waals surface area (Å²) in [6.07, 6.45) is 2.14. The molecule has 0 aromatic rings. The largest absolute Gasteiger partial charge is 0.609 e. The first-order chi connectivity index (χ1) is 6.93. The van der Waals surface area contributed by atoms with Gasteiger partial charge >= 0.3 is 5.97 Å². The minimum absolute atomic E-state index is 0.0730. The summed E-state index contributed by atoms with van der Waals surface area (Å²) in [4.78, 5) is 10.3. The van der Waals surface area contributed by atoms with Gasteiger partial charge in [0.05, 0.1) is 0 Å². The van der Waals surface area contributed by atoms with Gasteiger partial charge in [0.25, 0.3) is 5.16 Å². The Labute approximate surface area is 100 Å². The standard InChI is InChI=1S/C8H9Cl2FO3S/c1-6(12)14-4-2-8(11)15(13)5-3-7(9)10/h2-3H,4-5H2,1H3. The summed E-state index contributed by atoms with van der Waals surface area (Å²) in [6, 6.07) is 0. The molecule has 0 radical (unpaired) electrons. The third kappa shape index (κ3) is 8.74. The number of hydrogen-bond donors (Lipinski definition) is 0. The molecule has 0 rings (SSSR count). The number of hydrogen-bond acceptors (Lipinski definition) is 3. The summed E-state index contributed by atoms with van der Waals surface area (Å²) in [5.41, 5.74) is 0. The van der Waals surface area contributed by atoms with Crippen molar-refractivity contribution >= 4 is 40.3 Å². The molecule has 1 atom stereocenters. The molecule has 0 aromatic heterocycles. The van der Waals surface area contributed by atoms with Gasteiger partial charge in [0.15, 0.2) is 0 Å². The highest BCUT2D eigenvalue weighted by Crippen LogP contribution is 2.13. The molecule has 0 heterocycles. The Hall–Kier alpha value is -0.230. The molecule has 0 aliphatic carbocycles. The Morgan fingerprint density at radius 1 is 1.53 bits per heavy atom. The maximum Gasteiger partial charge on any atom is 0.302 e. The van der Waals surface area contributed by atoms with E-state index in [1.54, 1.807) is 0 Å². The number of carbonyl (C=O) groups is 1. The van der Waals surface area contributed by atoms with Gasteiger partial charge in [-0.05, 0) is 6.08 Å². The van der Waals surface area contributed by atoms with Crippen molar-refractivity contribution in [3.63, 3.8) is 0 Å². The first-order valence-electron chi connectivity index (χ1n) is 3.82. The van der Waals surface area contributed by atoms with Crippen LogP contribution >= 0.6 is 23.2 Å². The van der Waals surface area contributed by atoms with Crippen LogP contribution in [0.1, 0.15) is 6.92 Å². The molecule has 0 saturated carbocycles. The molecular weight excluding hydrogens is 266 g/mol. The molecule has 0 aliphatic heterocycles. The minimum atomic E-state index is -1.84. The van der Waals surface area contributed by atoms with Gasteiger partial charge in [-0.2, -0.15) is 4.39 Å². The van der Waals surface area contributed by atoms with Crippen molar-refractivity contribution in [2.24, 2.45) is 0 Å². The van der Waals surface area contributed by atoms with Crippen LogP contribution in [0, 0.1) is 0 Å². The van der Waals surface area contributed by atoms with Gasteiger partial charge in [0.1, 0.15) is 16.9 Å². The predicted octanol–water partition coefficient (Wildman–Crippen LogP) is 2.43. The Bertz CT molecular complexity index is 277. The number of rotatable bonds is 5. The van der Waals surface area contributed by atoms with E-state index in [-0.39, 0.29) is 16.9 Å². The van der Waals surface area contributed by atoms with E-state index in [0.717, 1.165) is 6.08 Å². The molecule has 15 heavy (non-hydrogen) atoms. The molecule has 7 heteroatoms. The van der Waals surface area contributed by atoms with Crippen LogP contribution in [0.3, 0.4) is 0 Å². The van der Waals surface area contributed by atoms with E-state index in [2.05, 4.69) is 4.74 Å². The van der Waals surface area contributed by atoms with E-state index in [4.69, 9.17) is 23.2 Å². The predicted molar refractivity (Wildman–Crippen MR) is 58.6 cm³/mol. The molecule has 0 spiro atoms. The van der Waals surface area contributed by atoms with Crippen molar-refractivity contribution in [2.75, 3.05) is 12.4 Å². The molecule has 0 fully saturated rings. The average Bonchev–Trinajstić information content (AvgIpc) is 2.13. The van der Waals surface area contributed by atoms with Gasteiger partial charge in [-0.3, -0.25) is 4.79 Å². The Balaban J connectivity index is 4.01. The zero-order valence-electron chi connectivity index (χ0n) is 7.84. The van der Waals surface area contributed by atoms with Crippen molar-refractivity contribution in [3.8, 4) is 0 Å². The van der Waals surface area contributed by atoms with E-state index in [1.165, 1.54) is 13.0 Å². The fraction of sp³-hybridized carbons (Fsp3) is 0.375. The monoisotopic (exact) mass is 274 g/mol. The molecule has 0 N–H and O–H groups in total. The number of ether oxygens (including phenoxy) is 1. The van der Waals surface area contributed by atoms with E-state index in [9.17, 15) is 13.7 Å². The number of esters is 1. The SMILES string of the molecule is CC(=O)OCC=C(F)[S+]([O-])CC=C(Cl)Cl. The van der Waals surface area contributed by atoms with Gasteiger partial charge in [-0.15, -0.1) is 0 Å². The van der Waals surface area contributed by atoms with Crippen LogP contribution in [0.2, 0.25) is 0 Å². The highest BCUT2D eigenvalue weighted by molar-refractivity contribution is 7.95. The molecule has 0 aromatic carbocycles. The Morgan fingerprint density at radius 3 is 2.60 bits per heavy atom. The van der Waals surface area contributed by atoms with Crippen LogP contribution in [-0.2, 0) is 20.7 Å². The number of halogens is 3. The normalized spacial score (nSPS) is 13.3. The maximum absolute atomic E-state index is 13.0. The molecule has 1 unspecified atom stereocenters. The zero-order chi connectivity index (χ0) is 11.8. The Morgan fingerprint density at radius 2 is 2.13 bits per heavy atom. The smallest absolute Gasteiger partial charge is 0.302 e. The van der Waals surface area contributed by atoms with Gasteiger partial charge in [0, 0.05) is 24.2 Å². The van der Waals surface area contributed by atoms with Crippen LogP contribution in [0.4, 0.5) is 4.39 Å². The van der Waals surface area contributed by atoms with Gasteiger partial charge in [-0.1, -0.05) is 23.2 Å². The van der Waals surface area contributed by atoms with Crippen LogP contribution in [0.5, 0.6) is 0 Å². The topological polar surface area (TPSA) is 49.4 Å². The van der Waals surface area contributed by atoms with Gasteiger partial charge < -0.3 is 9.29 Å². The van der Waals surface area contributed by atoms with E-state index < -0.39 is 22.3 Å². The molecule has 86 valence electrons. The van der Waals surface area contributed by atoms with E-state index >= 15 is 0 Å². The highest BCUT2D eigenvalue weighted by atomic mass is 35.5. The number of carbonyl (C=O) groups excluding carboxylic acids is 1. The summed E-state index contributed by atoms with van der Waals surface area (Å²) < 4.78 is 28.4. The zero-order valence-corrected chi connectivity index (χ0v) is 10.2. The average molecular weight is 275 g/mol. The second kappa shape index (κ2) is 7.98. The quantitative estimate of drug-likeness (QED) is 0.572. The first-order valence-corrected chi connectivity index (χ1v) is 5.89. The summed E-state index contributed by atoms with van der Waals surface area (Å²) in [7, 11) is 0. The molecule has 0 aliphatic rings. The second-order valence-corrected chi connectivity index (χ2v) is 4.74. The fourth-order valence-electron chi connectivity index (χ4n) is 0.536. The molecule has 3 nitrogen and oxygen atoms in total. The van der Waals surface area contributed by atoms with Crippen molar-refractivity contribution in [1.29, 1.82) is 0 Å². The molecule has 0 saturated heterocycles. The van der Waals surface area contributed by atoms with Crippen molar-refractivity contribution in [1.82, 2.24) is 0 Å². The lowest BCUT2D eigenvalue weighted by molar-refractivity contribution is -0.139. The second-order valence-electron chi connectivity index (χ2n) is 2.32. The van der Waals surface area contributed by atoms with Crippen LogP contribution < -0.4 is 0 Å². The maximum atomic E-state index is 13.0. The van der Waals surface area contributed by atoms with Crippen molar-refractivity contribution in [2.45, 2.75) is 6.92 Å². The third-order valence-corrected chi connectivity index (χ3v) is 2.52. The summed E-state index contributed by atoms with van der Waals surface area (Å²) in [6.45, 7) is 0.948. The molecular formula is C8H9Cl2FO3S. The van der Waals surface area contributed by atoms with E-state index in [1.807, 2.05) is 0 Å². The Kier molecular flexibility index (Phi) is 7.86. The lowest BCUT2D eigenvalue weighted by Crippen LogP contribution is -2.06. The van der Waals surface area contributed by atoms with Crippen LogP contribution in [0.25, 0.3) is 0 Å². The first kappa shape index (κ1) is 14.8. The fourth-order valence-corrected chi connectivity index (χ4v) is 1.60. The lowest BCUT2D eigenvalue weighted by Gasteiger charge is -2.04. The van der Waals surface area contributed by atoms with Crippen molar-refractivity contribution < 1.29 is 18.5 Å². The van der Waals surface area contributed by atoms with Gasteiger partial charge in [-0.25, -0.2) is 0 Å².